The van der Waals surface area contributed by atoms with Crippen molar-refractivity contribution >= 4 is 23.2 Å². The van der Waals surface area contributed by atoms with Crippen LogP contribution in [-0.2, 0) is 0 Å². The van der Waals surface area contributed by atoms with E-state index in [-0.39, 0.29) is 23.2 Å². The molecular formula is C11H14ClN3O4. The van der Waals surface area contributed by atoms with Gasteiger partial charge < -0.3 is 10.4 Å². The Hall–Kier alpha value is -1.73. The summed E-state index contributed by atoms with van der Waals surface area (Å²) in [6.45, 7) is 3.38. The number of aliphatic hydroxyl groups excluding tert-OH is 1. The zero-order valence-corrected chi connectivity index (χ0v) is 11.2. The lowest BCUT2D eigenvalue weighted by atomic mass is 10.0. The molecule has 0 aromatic carbocycles. The second-order valence-electron chi connectivity index (χ2n) is 4.29. The van der Waals surface area contributed by atoms with Crippen LogP contribution in [0.4, 0.5) is 5.69 Å². The molecule has 1 aromatic heterocycles. The number of aromatic nitrogens is 1. The number of carbonyl (C=O) groups excluding carboxylic acids is 1. The average Bonchev–Trinajstić information content (AvgIpc) is 2.34. The molecule has 0 saturated carbocycles. The average molecular weight is 288 g/mol. The molecule has 1 amide bonds. The summed E-state index contributed by atoms with van der Waals surface area (Å²) in [4.78, 5) is 25.7. The fraction of sp³-hybridized carbons (Fsp3) is 0.455. The summed E-state index contributed by atoms with van der Waals surface area (Å²) in [5.41, 5.74) is -0.605. The minimum Gasteiger partial charge on any atom is -0.394 e. The molecular weight excluding hydrogens is 274 g/mol. The number of rotatable bonds is 5. The van der Waals surface area contributed by atoms with Crippen LogP contribution in [0.1, 0.15) is 24.2 Å². The van der Waals surface area contributed by atoms with Crippen molar-refractivity contribution in [3.05, 3.63) is 33.1 Å². The monoisotopic (exact) mass is 287 g/mol. The minimum absolute atomic E-state index is 0.00897. The third kappa shape index (κ3) is 3.87. The fourth-order valence-electron chi connectivity index (χ4n) is 1.42. The van der Waals surface area contributed by atoms with Gasteiger partial charge in [-0.15, -0.1) is 0 Å². The first-order valence-electron chi connectivity index (χ1n) is 5.58. The van der Waals surface area contributed by atoms with Gasteiger partial charge >= 0.3 is 0 Å². The van der Waals surface area contributed by atoms with Crippen LogP contribution >= 0.6 is 11.6 Å². The van der Waals surface area contributed by atoms with Gasteiger partial charge in [-0.05, 0) is 12.0 Å². The molecule has 0 spiro atoms. The van der Waals surface area contributed by atoms with E-state index in [0.29, 0.717) is 0 Å². The Kier molecular flexibility index (Phi) is 5.20. The van der Waals surface area contributed by atoms with Crippen molar-refractivity contribution in [1.82, 2.24) is 10.3 Å². The van der Waals surface area contributed by atoms with Gasteiger partial charge in [-0.3, -0.25) is 14.9 Å². The second kappa shape index (κ2) is 6.44. The maximum atomic E-state index is 12.0. The highest BCUT2D eigenvalue weighted by Gasteiger charge is 2.24. The highest BCUT2D eigenvalue weighted by Crippen LogP contribution is 2.20. The standard InChI is InChI=1S/C11H14ClN3O4/c1-6(2)8(5-16)14-11(17)7-3-10(12)13-4-9(7)15(18)19/h3-4,6,8,16H,5H2,1-2H3,(H,14,17)/t8-/m1/s1. The highest BCUT2D eigenvalue weighted by molar-refractivity contribution is 6.29. The Morgan fingerprint density at radius 1 is 1.63 bits per heavy atom. The number of nitrogens with one attached hydrogen (secondary N) is 1. The lowest BCUT2D eigenvalue weighted by molar-refractivity contribution is -0.385. The lowest BCUT2D eigenvalue weighted by Gasteiger charge is -2.19. The number of halogens is 1. The van der Waals surface area contributed by atoms with Crippen LogP contribution in [0.15, 0.2) is 12.3 Å². The molecule has 0 fully saturated rings. The van der Waals surface area contributed by atoms with E-state index in [1.54, 1.807) is 0 Å². The smallest absolute Gasteiger partial charge is 0.300 e. The predicted octanol–water partition coefficient (Wildman–Crippen LogP) is 1.39. The van der Waals surface area contributed by atoms with E-state index in [1.807, 2.05) is 13.8 Å². The normalized spacial score (nSPS) is 12.3. The zero-order chi connectivity index (χ0) is 14.6. The van der Waals surface area contributed by atoms with Crippen LogP contribution in [-0.4, -0.2) is 33.6 Å². The molecule has 19 heavy (non-hydrogen) atoms. The molecule has 1 heterocycles. The fourth-order valence-corrected chi connectivity index (χ4v) is 1.58. The molecule has 0 saturated heterocycles. The molecule has 2 N–H and O–H groups in total. The van der Waals surface area contributed by atoms with Crippen LogP contribution in [0.25, 0.3) is 0 Å². The van der Waals surface area contributed by atoms with Gasteiger partial charge in [0.05, 0.1) is 17.6 Å². The Bertz CT molecular complexity index is 493. The summed E-state index contributed by atoms with van der Waals surface area (Å²) in [7, 11) is 0. The van der Waals surface area contributed by atoms with E-state index < -0.39 is 22.6 Å². The van der Waals surface area contributed by atoms with Crippen molar-refractivity contribution in [2.24, 2.45) is 5.92 Å². The molecule has 1 aromatic rings. The van der Waals surface area contributed by atoms with Gasteiger partial charge in [-0.25, -0.2) is 4.98 Å². The molecule has 8 heteroatoms. The molecule has 0 bridgehead atoms. The van der Waals surface area contributed by atoms with E-state index in [2.05, 4.69) is 10.3 Å². The first kappa shape index (κ1) is 15.3. The Balaban J connectivity index is 3.05. The quantitative estimate of drug-likeness (QED) is 0.483. The van der Waals surface area contributed by atoms with Crippen molar-refractivity contribution in [1.29, 1.82) is 0 Å². The Morgan fingerprint density at radius 2 is 2.26 bits per heavy atom. The third-order valence-electron chi connectivity index (χ3n) is 2.61. The summed E-state index contributed by atoms with van der Waals surface area (Å²) >= 11 is 5.64. The van der Waals surface area contributed by atoms with Crippen LogP contribution in [0, 0.1) is 16.0 Å². The maximum Gasteiger partial charge on any atom is 0.300 e. The molecule has 0 aliphatic carbocycles. The van der Waals surface area contributed by atoms with Crippen molar-refractivity contribution in [3.63, 3.8) is 0 Å². The topological polar surface area (TPSA) is 105 Å². The van der Waals surface area contributed by atoms with Crippen molar-refractivity contribution in [3.8, 4) is 0 Å². The second-order valence-corrected chi connectivity index (χ2v) is 4.68. The molecule has 1 rings (SSSR count). The van der Waals surface area contributed by atoms with Crippen LogP contribution in [0.5, 0.6) is 0 Å². The first-order chi connectivity index (χ1) is 8.86. The van der Waals surface area contributed by atoms with E-state index in [9.17, 15) is 14.9 Å². The number of hydrogen-bond acceptors (Lipinski definition) is 5. The number of pyridine rings is 1. The summed E-state index contributed by atoms with van der Waals surface area (Å²) in [6.07, 6.45) is 0.931. The predicted molar refractivity (Wildman–Crippen MR) is 69.1 cm³/mol. The van der Waals surface area contributed by atoms with Gasteiger partial charge in [0, 0.05) is 0 Å². The van der Waals surface area contributed by atoms with Crippen LogP contribution in [0.2, 0.25) is 5.15 Å². The third-order valence-corrected chi connectivity index (χ3v) is 2.82. The molecule has 0 aliphatic rings. The van der Waals surface area contributed by atoms with Crippen molar-refractivity contribution in [2.75, 3.05) is 6.61 Å². The van der Waals surface area contributed by atoms with Crippen molar-refractivity contribution < 1.29 is 14.8 Å². The van der Waals surface area contributed by atoms with Crippen molar-refractivity contribution in [2.45, 2.75) is 19.9 Å². The van der Waals surface area contributed by atoms with Gasteiger partial charge in [0.15, 0.2) is 0 Å². The molecule has 0 radical (unpaired) electrons. The van der Waals surface area contributed by atoms with E-state index in [0.717, 1.165) is 12.3 Å². The number of hydrogen-bond donors (Lipinski definition) is 2. The van der Waals surface area contributed by atoms with Gasteiger partial charge in [-0.2, -0.15) is 0 Å². The molecule has 1 atom stereocenters. The van der Waals surface area contributed by atoms with Crippen LogP contribution < -0.4 is 5.32 Å². The molecule has 104 valence electrons. The lowest BCUT2D eigenvalue weighted by Crippen LogP contribution is -2.41. The SMILES string of the molecule is CC(C)[C@@H](CO)NC(=O)c1cc(Cl)ncc1[N+](=O)[O-]. The summed E-state index contributed by atoms with van der Waals surface area (Å²) in [6, 6.07) is 0.642. The van der Waals surface area contributed by atoms with E-state index in [1.165, 1.54) is 0 Å². The Morgan fingerprint density at radius 3 is 2.74 bits per heavy atom. The van der Waals surface area contributed by atoms with E-state index >= 15 is 0 Å². The summed E-state index contributed by atoms with van der Waals surface area (Å²) in [5.74, 6) is -0.672. The van der Waals surface area contributed by atoms with E-state index in [4.69, 9.17) is 16.7 Å². The highest BCUT2D eigenvalue weighted by atomic mass is 35.5. The molecule has 0 unspecified atom stereocenters. The molecule has 0 aliphatic heterocycles. The minimum atomic E-state index is -0.707. The number of nitrogens with zero attached hydrogens (tertiary/aromatic N) is 2. The molecule has 7 nitrogen and oxygen atoms in total. The maximum absolute atomic E-state index is 12.0. The Labute approximate surface area is 114 Å². The van der Waals surface area contributed by atoms with Crippen LogP contribution in [0.3, 0.4) is 0 Å². The largest absolute Gasteiger partial charge is 0.394 e. The van der Waals surface area contributed by atoms with Gasteiger partial charge in [0.25, 0.3) is 11.6 Å². The number of aliphatic hydroxyl groups is 1. The summed E-state index contributed by atoms with van der Waals surface area (Å²) in [5, 5.41) is 22.5. The first-order valence-corrected chi connectivity index (χ1v) is 5.96. The number of nitro groups is 1. The number of amides is 1. The number of carbonyl (C=O) groups is 1. The zero-order valence-electron chi connectivity index (χ0n) is 10.5. The van der Waals surface area contributed by atoms with Gasteiger partial charge in [0.2, 0.25) is 0 Å². The van der Waals surface area contributed by atoms with Gasteiger partial charge in [-0.1, -0.05) is 25.4 Å². The van der Waals surface area contributed by atoms with Gasteiger partial charge in [0.1, 0.15) is 16.9 Å². The summed E-state index contributed by atoms with van der Waals surface area (Å²) < 4.78 is 0.